The Hall–Kier alpha value is -6.84. The second kappa shape index (κ2) is 11.1. The van der Waals surface area contributed by atoms with E-state index in [9.17, 15) is 0 Å². The molecule has 2 aliphatic heterocycles. The molecule has 0 fully saturated rings. The zero-order chi connectivity index (χ0) is 34.2. The van der Waals surface area contributed by atoms with Crippen molar-refractivity contribution in [3.63, 3.8) is 0 Å². The Morgan fingerprint density at radius 1 is 0.404 bits per heavy atom. The van der Waals surface area contributed by atoms with Crippen LogP contribution < -0.4 is 14.5 Å². The van der Waals surface area contributed by atoms with Crippen LogP contribution in [0, 0.1) is 0 Å². The molecule has 8 aromatic rings. The Kier molecular flexibility index (Phi) is 6.17. The monoisotopic (exact) mass is 664 g/mol. The highest BCUT2D eigenvalue weighted by Crippen LogP contribution is 2.67. The predicted octanol–water partition coefficient (Wildman–Crippen LogP) is 13.1. The summed E-state index contributed by atoms with van der Waals surface area (Å²) in [7, 11) is 0. The van der Waals surface area contributed by atoms with Crippen LogP contribution in [-0.4, -0.2) is 0 Å². The van der Waals surface area contributed by atoms with Crippen molar-refractivity contribution in [1.82, 2.24) is 0 Å². The summed E-state index contributed by atoms with van der Waals surface area (Å²) in [5, 5.41) is 0. The molecule has 1 aliphatic carbocycles. The summed E-state index contributed by atoms with van der Waals surface area (Å²) in [5.74, 6) is 1.74. The fourth-order valence-corrected chi connectivity index (χ4v) is 9.00. The standard InChI is InChI=1S/C49H32N2O/c1-3-15-33(16-4-1)34-29-31-36(32-30-34)50(35-17-5-2-6-18-35)44-26-13-22-40-47(44)37-19-7-8-20-38(37)49(40)39-21-9-10-24-42(39)51-43-25-11-12-27-45(43)52-46-28-14-23-41(49)48(46)51/h1-32H. The van der Waals surface area contributed by atoms with Gasteiger partial charge in [-0.15, -0.1) is 0 Å². The van der Waals surface area contributed by atoms with Gasteiger partial charge in [0.2, 0.25) is 0 Å². The Balaban J connectivity index is 1.20. The van der Waals surface area contributed by atoms with Gasteiger partial charge in [0.25, 0.3) is 0 Å². The largest absolute Gasteiger partial charge is 0.453 e. The van der Waals surface area contributed by atoms with Crippen molar-refractivity contribution in [3.05, 3.63) is 216 Å². The molecule has 0 saturated carbocycles. The average Bonchev–Trinajstić information content (AvgIpc) is 3.52. The first kappa shape index (κ1) is 28.9. The lowest BCUT2D eigenvalue weighted by Gasteiger charge is -2.47. The molecule has 244 valence electrons. The molecule has 0 amide bonds. The first-order valence-corrected chi connectivity index (χ1v) is 17.9. The number of hydrogen-bond acceptors (Lipinski definition) is 3. The van der Waals surface area contributed by atoms with Crippen LogP contribution in [0.1, 0.15) is 22.3 Å². The molecular weight excluding hydrogens is 633 g/mol. The van der Waals surface area contributed by atoms with Crippen LogP contribution in [0.25, 0.3) is 22.3 Å². The highest BCUT2D eigenvalue weighted by atomic mass is 16.5. The van der Waals surface area contributed by atoms with Crippen molar-refractivity contribution in [2.24, 2.45) is 0 Å². The molecule has 0 N–H and O–H groups in total. The third-order valence-corrected chi connectivity index (χ3v) is 11.0. The van der Waals surface area contributed by atoms with Crippen molar-refractivity contribution in [2.75, 3.05) is 9.80 Å². The lowest BCUT2D eigenvalue weighted by atomic mass is 9.64. The number of benzene rings is 8. The van der Waals surface area contributed by atoms with Crippen molar-refractivity contribution in [2.45, 2.75) is 5.41 Å². The second-order valence-electron chi connectivity index (χ2n) is 13.7. The molecule has 3 aliphatic rings. The highest BCUT2D eigenvalue weighted by Gasteiger charge is 2.54. The maximum absolute atomic E-state index is 6.69. The summed E-state index contributed by atoms with van der Waals surface area (Å²) < 4.78 is 6.69. The molecule has 0 bridgehead atoms. The van der Waals surface area contributed by atoms with Gasteiger partial charge in [-0.2, -0.15) is 0 Å². The van der Waals surface area contributed by atoms with E-state index < -0.39 is 5.41 Å². The third-order valence-electron chi connectivity index (χ3n) is 11.0. The fourth-order valence-electron chi connectivity index (χ4n) is 9.00. The number of para-hydroxylation sites is 5. The van der Waals surface area contributed by atoms with Crippen molar-refractivity contribution < 1.29 is 4.74 Å². The lowest BCUT2D eigenvalue weighted by Crippen LogP contribution is -2.37. The van der Waals surface area contributed by atoms with Crippen molar-refractivity contribution in [3.8, 4) is 33.8 Å². The van der Waals surface area contributed by atoms with E-state index in [0.717, 1.165) is 39.9 Å². The minimum absolute atomic E-state index is 0.574. The molecule has 1 spiro atoms. The van der Waals surface area contributed by atoms with Gasteiger partial charge in [0, 0.05) is 16.9 Å². The van der Waals surface area contributed by atoms with E-state index in [0.29, 0.717) is 0 Å². The first-order chi connectivity index (χ1) is 25.8. The summed E-state index contributed by atoms with van der Waals surface area (Å²) >= 11 is 0. The average molecular weight is 665 g/mol. The zero-order valence-electron chi connectivity index (χ0n) is 28.3. The Morgan fingerprint density at radius 3 is 1.81 bits per heavy atom. The third kappa shape index (κ3) is 3.91. The maximum atomic E-state index is 6.69. The smallest absolute Gasteiger partial charge is 0.151 e. The number of rotatable bonds is 4. The normalized spacial score (nSPS) is 15.5. The topological polar surface area (TPSA) is 15.7 Å². The molecule has 1 atom stereocenters. The van der Waals surface area contributed by atoms with E-state index in [1.54, 1.807) is 0 Å². The van der Waals surface area contributed by atoms with Gasteiger partial charge in [-0.25, -0.2) is 0 Å². The number of fused-ring (bicyclic) bond motifs is 11. The van der Waals surface area contributed by atoms with E-state index in [-0.39, 0.29) is 0 Å². The molecule has 3 heteroatoms. The van der Waals surface area contributed by atoms with E-state index in [1.165, 1.54) is 50.2 Å². The molecule has 0 saturated heterocycles. The van der Waals surface area contributed by atoms with E-state index in [4.69, 9.17) is 4.74 Å². The van der Waals surface area contributed by atoms with Gasteiger partial charge < -0.3 is 14.5 Å². The molecule has 0 aromatic heterocycles. The van der Waals surface area contributed by atoms with Crippen molar-refractivity contribution >= 4 is 34.1 Å². The van der Waals surface area contributed by atoms with Gasteiger partial charge in [-0.1, -0.05) is 140 Å². The SMILES string of the molecule is c1ccc(-c2ccc(N(c3ccccc3)c3cccc4c3-c3ccccc3C43c4ccccc4N4c5ccccc5Oc5cccc3c54)cc2)cc1. The Labute approximate surface area is 303 Å². The summed E-state index contributed by atoms with van der Waals surface area (Å²) in [4.78, 5) is 4.84. The zero-order valence-corrected chi connectivity index (χ0v) is 28.3. The fraction of sp³-hybridized carbons (Fsp3) is 0.0204. The number of ether oxygens (including phenoxy) is 1. The summed E-state index contributed by atoms with van der Waals surface area (Å²) in [6, 6.07) is 70.1. The molecule has 2 heterocycles. The lowest BCUT2D eigenvalue weighted by molar-refractivity contribution is 0.473. The van der Waals surface area contributed by atoms with E-state index in [1.807, 2.05) is 6.07 Å². The van der Waals surface area contributed by atoms with Gasteiger partial charge in [0.1, 0.15) is 0 Å². The molecular formula is C49H32N2O. The molecule has 52 heavy (non-hydrogen) atoms. The highest BCUT2D eigenvalue weighted by molar-refractivity contribution is 6.03. The van der Waals surface area contributed by atoms with Crippen LogP contribution >= 0.6 is 0 Å². The van der Waals surface area contributed by atoms with Gasteiger partial charge in [0.05, 0.1) is 28.2 Å². The van der Waals surface area contributed by atoms with E-state index in [2.05, 4.69) is 198 Å². The summed E-state index contributed by atoms with van der Waals surface area (Å²) in [6.07, 6.45) is 0. The van der Waals surface area contributed by atoms with Crippen LogP contribution in [-0.2, 0) is 5.41 Å². The minimum atomic E-state index is -0.574. The molecule has 8 aromatic carbocycles. The number of anilines is 6. The van der Waals surface area contributed by atoms with Crippen LogP contribution in [0.2, 0.25) is 0 Å². The molecule has 3 nitrogen and oxygen atoms in total. The Morgan fingerprint density at radius 2 is 0.981 bits per heavy atom. The summed E-state index contributed by atoms with van der Waals surface area (Å²) in [6.45, 7) is 0. The van der Waals surface area contributed by atoms with Crippen LogP contribution in [0.4, 0.5) is 34.1 Å². The van der Waals surface area contributed by atoms with Crippen LogP contribution in [0.15, 0.2) is 194 Å². The number of hydrogen-bond donors (Lipinski definition) is 0. The predicted molar refractivity (Wildman–Crippen MR) is 212 cm³/mol. The first-order valence-electron chi connectivity index (χ1n) is 17.9. The second-order valence-corrected chi connectivity index (χ2v) is 13.7. The summed E-state index contributed by atoms with van der Waals surface area (Å²) in [5.41, 5.74) is 16.0. The number of nitrogens with zero attached hydrogens (tertiary/aromatic N) is 2. The van der Waals surface area contributed by atoms with Crippen molar-refractivity contribution in [1.29, 1.82) is 0 Å². The minimum Gasteiger partial charge on any atom is -0.453 e. The molecule has 11 rings (SSSR count). The quantitative estimate of drug-likeness (QED) is 0.186. The van der Waals surface area contributed by atoms with Gasteiger partial charge in [-0.3, -0.25) is 0 Å². The van der Waals surface area contributed by atoms with Gasteiger partial charge in [-0.05, 0) is 93.5 Å². The van der Waals surface area contributed by atoms with Crippen LogP contribution in [0.5, 0.6) is 11.5 Å². The maximum Gasteiger partial charge on any atom is 0.151 e. The van der Waals surface area contributed by atoms with Gasteiger partial charge >= 0.3 is 0 Å². The van der Waals surface area contributed by atoms with Gasteiger partial charge in [0.15, 0.2) is 11.5 Å². The molecule has 1 unspecified atom stereocenters. The molecule has 0 radical (unpaired) electrons. The van der Waals surface area contributed by atoms with E-state index >= 15 is 0 Å². The Bertz CT molecular complexity index is 2670. The van der Waals surface area contributed by atoms with Crippen LogP contribution in [0.3, 0.4) is 0 Å².